The van der Waals surface area contributed by atoms with Crippen LogP contribution in [-0.2, 0) is 19.9 Å². The Morgan fingerprint density at radius 1 is 1.11 bits per heavy atom. The zero-order valence-corrected chi connectivity index (χ0v) is 17.1. The summed E-state index contributed by atoms with van der Waals surface area (Å²) in [4.78, 5) is -0.712. The normalized spacial score (nSPS) is 12.1. The predicted molar refractivity (Wildman–Crippen MR) is 103 cm³/mol. The molecule has 2 rings (SSSR count). The molecule has 0 aromatic heterocycles. The van der Waals surface area contributed by atoms with Gasteiger partial charge in [-0.2, -0.15) is 0 Å². The third kappa shape index (κ3) is 5.03. The van der Waals surface area contributed by atoms with Crippen LogP contribution in [0.15, 0.2) is 40.1 Å². The van der Waals surface area contributed by atoms with Crippen molar-refractivity contribution in [2.24, 2.45) is 0 Å². The van der Waals surface area contributed by atoms with Crippen LogP contribution >= 0.6 is 23.2 Å². The van der Waals surface area contributed by atoms with Crippen LogP contribution in [0.3, 0.4) is 0 Å². The first kappa shape index (κ1) is 21.7. The maximum Gasteiger partial charge on any atom is 0.242 e. The van der Waals surface area contributed by atoms with Gasteiger partial charge in [-0.3, -0.25) is 0 Å². The second kappa shape index (κ2) is 8.21. The number of benzene rings is 2. The molecule has 27 heavy (non-hydrogen) atoms. The molecule has 2 aromatic rings. The van der Waals surface area contributed by atoms with Crippen LogP contribution < -0.4 is 15.2 Å². The molecular formula is C15H16Cl2N2O6S2. The zero-order valence-electron chi connectivity index (χ0n) is 13.9. The number of aliphatic hydroxyl groups is 1. The second-order valence-corrected chi connectivity index (χ2v) is 9.94. The highest BCUT2D eigenvalue weighted by atomic mass is 35.5. The van der Waals surface area contributed by atoms with Crippen LogP contribution in [-0.4, -0.2) is 41.3 Å². The van der Waals surface area contributed by atoms with Crippen LogP contribution in [0.1, 0.15) is 0 Å². The van der Waals surface area contributed by atoms with Crippen molar-refractivity contribution in [2.45, 2.75) is 9.79 Å². The van der Waals surface area contributed by atoms with Crippen molar-refractivity contribution in [2.75, 3.05) is 25.1 Å². The fraction of sp³-hybridized carbons (Fsp3) is 0.200. The molecule has 4 N–H and O–H groups in total. The van der Waals surface area contributed by atoms with Gasteiger partial charge in [0.25, 0.3) is 0 Å². The number of anilines is 1. The number of nitrogens with one attached hydrogen (secondary N) is 1. The van der Waals surface area contributed by atoms with Crippen LogP contribution in [0.4, 0.5) is 5.69 Å². The van der Waals surface area contributed by atoms with Gasteiger partial charge in [0.1, 0.15) is 15.5 Å². The van der Waals surface area contributed by atoms with Gasteiger partial charge < -0.3 is 15.6 Å². The van der Waals surface area contributed by atoms with Crippen molar-refractivity contribution >= 4 is 48.7 Å². The topological polar surface area (TPSA) is 136 Å². The van der Waals surface area contributed by atoms with E-state index in [-0.39, 0.29) is 28.0 Å². The molecule has 8 nitrogen and oxygen atoms in total. The van der Waals surface area contributed by atoms with Crippen molar-refractivity contribution in [3.05, 3.63) is 40.4 Å². The smallest absolute Gasteiger partial charge is 0.242 e. The maximum absolute atomic E-state index is 12.3. The third-order valence-corrected chi connectivity index (χ3v) is 6.49. The number of nitrogen functional groups attached to an aromatic ring is 1. The van der Waals surface area contributed by atoms with Crippen molar-refractivity contribution in [3.8, 4) is 11.5 Å². The first-order valence-corrected chi connectivity index (χ1v) is 11.5. The standard InChI is InChI=1S/C15H16Cl2N2O6S2/c1-26(21,22)13-5-4-12(27(23,24)19-6-7-20)14(18)15(13)25-11-3-2-9(16)8-10(11)17/h2-5,8,19-20H,6-7,18H2,1H3. The Labute approximate surface area is 166 Å². The molecule has 0 aliphatic heterocycles. The van der Waals surface area contributed by atoms with Crippen LogP contribution in [0, 0.1) is 0 Å². The largest absolute Gasteiger partial charge is 0.452 e. The average Bonchev–Trinajstić information content (AvgIpc) is 2.55. The molecule has 0 saturated heterocycles. The summed E-state index contributed by atoms with van der Waals surface area (Å²) in [6.07, 6.45) is 0.927. The SMILES string of the molecule is CS(=O)(=O)c1ccc(S(=O)(=O)NCCO)c(N)c1Oc1ccc(Cl)cc1Cl. The summed E-state index contributed by atoms with van der Waals surface area (Å²) in [5.41, 5.74) is 5.50. The van der Waals surface area contributed by atoms with Crippen molar-refractivity contribution in [1.82, 2.24) is 4.72 Å². The number of hydrogen-bond acceptors (Lipinski definition) is 7. The molecule has 12 heteroatoms. The fourth-order valence-electron chi connectivity index (χ4n) is 2.12. The van der Waals surface area contributed by atoms with E-state index in [4.69, 9.17) is 38.8 Å². The summed E-state index contributed by atoms with van der Waals surface area (Å²) in [7, 11) is -7.92. The number of rotatable bonds is 7. The summed E-state index contributed by atoms with van der Waals surface area (Å²) in [6.45, 7) is -0.668. The van der Waals surface area contributed by atoms with Crippen LogP contribution in [0.5, 0.6) is 11.5 Å². The van der Waals surface area contributed by atoms with Gasteiger partial charge in [-0.1, -0.05) is 23.2 Å². The molecule has 0 aliphatic rings. The second-order valence-electron chi connectivity index (χ2n) is 5.37. The highest BCUT2D eigenvalue weighted by Crippen LogP contribution is 2.40. The number of hydrogen-bond donors (Lipinski definition) is 3. The minimum atomic E-state index is -4.11. The van der Waals surface area contributed by atoms with Gasteiger partial charge >= 0.3 is 0 Å². The number of aliphatic hydroxyl groups excluding tert-OH is 1. The molecule has 0 radical (unpaired) electrons. The molecule has 0 spiro atoms. The number of sulfonamides is 1. The van der Waals surface area contributed by atoms with Gasteiger partial charge in [-0.05, 0) is 30.3 Å². The highest BCUT2D eigenvalue weighted by Gasteiger charge is 2.26. The molecule has 0 atom stereocenters. The first-order chi connectivity index (χ1) is 12.5. The predicted octanol–water partition coefficient (Wildman–Crippen LogP) is 2.04. The molecule has 148 valence electrons. The zero-order chi connectivity index (χ0) is 20.4. The quantitative estimate of drug-likeness (QED) is 0.544. The molecule has 0 bridgehead atoms. The fourth-order valence-corrected chi connectivity index (χ4v) is 4.51. The van der Waals surface area contributed by atoms with E-state index in [0.29, 0.717) is 5.02 Å². The number of nitrogens with two attached hydrogens (primary N) is 1. The van der Waals surface area contributed by atoms with Gasteiger partial charge in [0.05, 0.1) is 17.3 Å². The van der Waals surface area contributed by atoms with E-state index in [9.17, 15) is 16.8 Å². The Morgan fingerprint density at radius 2 is 1.74 bits per heavy atom. The Bertz CT molecular complexity index is 1070. The molecule has 0 aliphatic carbocycles. The van der Waals surface area contributed by atoms with E-state index >= 15 is 0 Å². The molecule has 0 heterocycles. The van der Waals surface area contributed by atoms with Gasteiger partial charge in [-0.15, -0.1) is 0 Å². The molecular weight excluding hydrogens is 439 g/mol. The minimum absolute atomic E-state index is 0.0375. The average molecular weight is 455 g/mol. The Kier molecular flexibility index (Phi) is 6.61. The van der Waals surface area contributed by atoms with E-state index in [1.807, 2.05) is 0 Å². The number of sulfone groups is 1. The Morgan fingerprint density at radius 3 is 2.30 bits per heavy atom. The van der Waals surface area contributed by atoms with Gasteiger partial charge in [-0.25, -0.2) is 21.6 Å². The lowest BCUT2D eigenvalue weighted by Gasteiger charge is -2.17. The van der Waals surface area contributed by atoms with E-state index in [0.717, 1.165) is 18.4 Å². The summed E-state index contributed by atoms with van der Waals surface area (Å²) in [5.74, 6) is -0.343. The molecule has 0 saturated carbocycles. The van der Waals surface area contributed by atoms with E-state index in [2.05, 4.69) is 4.72 Å². The summed E-state index contributed by atoms with van der Waals surface area (Å²) < 4.78 is 56.5. The van der Waals surface area contributed by atoms with Gasteiger partial charge in [0.2, 0.25) is 10.0 Å². The van der Waals surface area contributed by atoms with Crippen molar-refractivity contribution < 1.29 is 26.7 Å². The minimum Gasteiger partial charge on any atom is -0.452 e. The van der Waals surface area contributed by atoms with E-state index in [1.54, 1.807) is 0 Å². The lowest BCUT2D eigenvalue weighted by Crippen LogP contribution is -2.27. The van der Waals surface area contributed by atoms with Crippen molar-refractivity contribution in [1.29, 1.82) is 0 Å². The third-order valence-electron chi connectivity index (χ3n) is 3.32. The Balaban J connectivity index is 2.67. The van der Waals surface area contributed by atoms with E-state index < -0.39 is 37.1 Å². The lowest BCUT2D eigenvalue weighted by atomic mass is 10.3. The number of halogens is 2. The maximum atomic E-state index is 12.3. The summed E-state index contributed by atoms with van der Waals surface area (Å²) in [6, 6.07) is 6.34. The highest BCUT2D eigenvalue weighted by molar-refractivity contribution is 7.91. The lowest BCUT2D eigenvalue weighted by molar-refractivity contribution is 0.301. The molecule has 0 unspecified atom stereocenters. The first-order valence-electron chi connectivity index (χ1n) is 7.33. The Hall–Kier alpha value is -1.56. The van der Waals surface area contributed by atoms with Crippen LogP contribution in [0.25, 0.3) is 0 Å². The molecule has 2 aromatic carbocycles. The monoisotopic (exact) mass is 454 g/mol. The van der Waals surface area contributed by atoms with Gasteiger partial charge in [0.15, 0.2) is 15.6 Å². The van der Waals surface area contributed by atoms with E-state index in [1.165, 1.54) is 18.2 Å². The molecule has 0 fully saturated rings. The summed E-state index contributed by atoms with van der Waals surface area (Å²) >= 11 is 11.9. The van der Waals surface area contributed by atoms with Crippen LogP contribution in [0.2, 0.25) is 10.0 Å². The number of ether oxygens (including phenoxy) is 1. The summed E-state index contributed by atoms with van der Waals surface area (Å²) in [5, 5.41) is 9.22. The van der Waals surface area contributed by atoms with Crippen molar-refractivity contribution in [3.63, 3.8) is 0 Å². The van der Waals surface area contributed by atoms with Gasteiger partial charge in [0, 0.05) is 17.8 Å². The molecule has 0 amide bonds.